The Labute approximate surface area is 96.8 Å². The van der Waals surface area contributed by atoms with Gasteiger partial charge in [0.05, 0.1) is 0 Å². The standard InChI is InChI=1S/C11H22N2O3/c1-11(2,3)16-10(15)13-5-8(7-14)9(6-13)12-4/h8-9,12,14H,5-7H2,1-4H3/t8-,9+/m1/s1. The average molecular weight is 230 g/mol. The molecule has 5 nitrogen and oxygen atoms in total. The lowest BCUT2D eigenvalue weighted by Gasteiger charge is -2.24. The molecule has 0 bridgehead atoms. The van der Waals surface area contributed by atoms with Gasteiger partial charge in [0, 0.05) is 31.7 Å². The van der Waals surface area contributed by atoms with Gasteiger partial charge in [-0.3, -0.25) is 0 Å². The zero-order valence-corrected chi connectivity index (χ0v) is 10.5. The number of rotatable bonds is 2. The molecule has 0 aliphatic carbocycles. The van der Waals surface area contributed by atoms with Crippen molar-refractivity contribution in [3.8, 4) is 0 Å². The third kappa shape index (κ3) is 3.35. The monoisotopic (exact) mass is 230 g/mol. The Hall–Kier alpha value is -0.810. The van der Waals surface area contributed by atoms with Gasteiger partial charge in [-0.2, -0.15) is 0 Å². The SMILES string of the molecule is CN[C@H]1CN(C(=O)OC(C)(C)C)C[C@@H]1CO. The van der Waals surface area contributed by atoms with Gasteiger partial charge < -0.3 is 20.1 Å². The van der Waals surface area contributed by atoms with E-state index in [1.807, 2.05) is 27.8 Å². The molecule has 2 atom stereocenters. The number of hydrogen-bond acceptors (Lipinski definition) is 4. The van der Waals surface area contributed by atoms with Crippen LogP contribution in [0.3, 0.4) is 0 Å². The number of amides is 1. The summed E-state index contributed by atoms with van der Waals surface area (Å²) in [5.41, 5.74) is -0.469. The van der Waals surface area contributed by atoms with E-state index >= 15 is 0 Å². The molecule has 0 aromatic rings. The summed E-state index contributed by atoms with van der Waals surface area (Å²) in [6, 6.07) is 0.150. The zero-order chi connectivity index (χ0) is 12.3. The van der Waals surface area contributed by atoms with Crippen molar-refractivity contribution in [3.63, 3.8) is 0 Å². The number of nitrogens with one attached hydrogen (secondary N) is 1. The van der Waals surface area contributed by atoms with Crippen LogP contribution in [0.15, 0.2) is 0 Å². The van der Waals surface area contributed by atoms with Gasteiger partial charge in [-0.25, -0.2) is 4.79 Å². The first-order chi connectivity index (χ1) is 7.37. The van der Waals surface area contributed by atoms with Crippen molar-refractivity contribution in [2.45, 2.75) is 32.4 Å². The molecule has 1 rings (SSSR count). The molecule has 1 fully saturated rings. The Morgan fingerprint density at radius 2 is 2.12 bits per heavy atom. The van der Waals surface area contributed by atoms with E-state index in [1.165, 1.54) is 0 Å². The average Bonchev–Trinajstić information content (AvgIpc) is 2.57. The number of carbonyl (C=O) groups is 1. The molecule has 0 aromatic heterocycles. The van der Waals surface area contributed by atoms with Crippen LogP contribution >= 0.6 is 0 Å². The van der Waals surface area contributed by atoms with E-state index < -0.39 is 5.60 Å². The summed E-state index contributed by atoms with van der Waals surface area (Å²) in [5.74, 6) is 0.0949. The summed E-state index contributed by atoms with van der Waals surface area (Å²) in [6.45, 7) is 6.78. The van der Waals surface area contributed by atoms with Crippen molar-refractivity contribution < 1.29 is 14.6 Å². The third-order valence-corrected chi connectivity index (χ3v) is 2.70. The van der Waals surface area contributed by atoms with Crippen LogP contribution in [0.5, 0.6) is 0 Å². The van der Waals surface area contributed by atoms with E-state index in [2.05, 4.69) is 5.32 Å². The van der Waals surface area contributed by atoms with Crippen LogP contribution in [0.4, 0.5) is 4.79 Å². The Balaban J connectivity index is 2.54. The fraction of sp³-hybridized carbons (Fsp3) is 0.909. The highest BCUT2D eigenvalue weighted by molar-refractivity contribution is 5.68. The lowest BCUT2D eigenvalue weighted by molar-refractivity contribution is 0.0282. The predicted octanol–water partition coefficient (Wildman–Crippen LogP) is 0.434. The molecule has 1 saturated heterocycles. The number of carbonyl (C=O) groups excluding carboxylic acids is 1. The van der Waals surface area contributed by atoms with Crippen LogP contribution in [0, 0.1) is 5.92 Å². The smallest absolute Gasteiger partial charge is 0.410 e. The number of hydrogen-bond donors (Lipinski definition) is 2. The van der Waals surface area contributed by atoms with Gasteiger partial charge in [0.2, 0.25) is 0 Å². The second-order valence-electron chi connectivity index (χ2n) is 5.22. The Bertz CT molecular complexity index is 238. The topological polar surface area (TPSA) is 61.8 Å². The summed E-state index contributed by atoms with van der Waals surface area (Å²) in [4.78, 5) is 13.4. The molecule has 1 amide bonds. The highest BCUT2D eigenvalue weighted by Crippen LogP contribution is 2.19. The molecule has 0 unspecified atom stereocenters. The molecule has 16 heavy (non-hydrogen) atoms. The highest BCUT2D eigenvalue weighted by Gasteiger charge is 2.35. The van der Waals surface area contributed by atoms with Crippen molar-refractivity contribution in [3.05, 3.63) is 0 Å². The Morgan fingerprint density at radius 3 is 2.50 bits per heavy atom. The minimum Gasteiger partial charge on any atom is -0.444 e. The van der Waals surface area contributed by atoms with Crippen LogP contribution in [-0.2, 0) is 4.74 Å². The molecule has 0 radical (unpaired) electrons. The fourth-order valence-electron chi connectivity index (χ4n) is 1.86. The maximum absolute atomic E-state index is 11.8. The molecular weight excluding hydrogens is 208 g/mol. The minimum absolute atomic E-state index is 0.0881. The number of aliphatic hydroxyl groups excluding tert-OH is 1. The highest BCUT2D eigenvalue weighted by atomic mass is 16.6. The summed E-state index contributed by atoms with van der Waals surface area (Å²) < 4.78 is 5.28. The van der Waals surface area contributed by atoms with E-state index in [-0.39, 0.29) is 24.7 Å². The molecule has 1 aliphatic rings. The number of ether oxygens (including phenoxy) is 1. The van der Waals surface area contributed by atoms with Crippen LogP contribution in [0.25, 0.3) is 0 Å². The lowest BCUT2D eigenvalue weighted by atomic mass is 10.1. The lowest BCUT2D eigenvalue weighted by Crippen LogP contribution is -2.37. The summed E-state index contributed by atoms with van der Waals surface area (Å²) >= 11 is 0. The molecule has 1 heterocycles. The molecule has 0 spiro atoms. The Kier molecular flexibility index (Phi) is 4.15. The molecular formula is C11H22N2O3. The largest absolute Gasteiger partial charge is 0.444 e. The molecule has 1 aliphatic heterocycles. The third-order valence-electron chi connectivity index (χ3n) is 2.70. The Morgan fingerprint density at radius 1 is 1.50 bits per heavy atom. The molecule has 0 aromatic carbocycles. The van der Waals surface area contributed by atoms with Crippen LogP contribution in [0.1, 0.15) is 20.8 Å². The molecule has 2 N–H and O–H groups in total. The summed E-state index contributed by atoms with van der Waals surface area (Å²) in [5, 5.41) is 12.3. The normalized spacial score (nSPS) is 25.9. The fourth-order valence-corrected chi connectivity index (χ4v) is 1.86. The predicted molar refractivity (Wildman–Crippen MR) is 61.2 cm³/mol. The van der Waals surface area contributed by atoms with E-state index in [0.29, 0.717) is 13.1 Å². The minimum atomic E-state index is -0.469. The molecule has 94 valence electrons. The van der Waals surface area contributed by atoms with E-state index in [9.17, 15) is 9.90 Å². The van der Waals surface area contributed by atoms with Crippen molar-refractivity contribution in [1.82, 2.24) is 10.2 Å². The van der Waals surface area contributed by atoms with E-state index in [0.717, 1.165) is 0 Å². The zero-order valence-electron chi connectivity index (χ0n) is 10.5. The van der Waals surface area contributed by atoms with Gasteiger partial charge in [0.25, 0.3) is 0 Å². The van der Waals surface area contributed by atoms with Crippen LogP contribution in [0.2, 0.25) is 0 Å². The summed E-state index contributed by atoms with van der Waals surface area (Å²) in [7, 11) is 1.84. The summed E-state index contributed by atoms with van der Waals surface area (Å²) in [6.07, 6.45) is -0.302. The second-order valence-corrected chi connectivity index (χ2v) is 5.22. The van der Waals surface area contributed by atoms with Crippen molar-refractivity contribution in [2.75, 3.05) is 26.7 Å². The van der Waals surface area contributed by atoms with Gasteiger partial charge in [0.1, 0.15) is 5.60 Å². The van der Waals surface area contributed by atoms with Gasteiger partial charge in [-0.05, 0) is 27.8 Å². The quantitative estimate of drug-likeness (QED) is 0.722. The van der Waals surface area contributed by atoms with E-state index in [1.54, 1.807) is 4.90 Å². The number of likely N-dealkylation sites (tertiary alicyclic amines) is 1. The van der Waals surface area contributed by atoms with Gasteiger partial charge in [0.15, 0.2) is 0 Å². The van der Waals surface area contributed by atoms with E-state index in [4.69, 9.17) is 4.74 Å². The van der Waals surface area contributed by atoms with Gasteiger partial charge in [-0.15, -0.1) is 0 Å². The van der Waals surface area contributed by atoms with Crippen molar-refractivity contribution in [2.24, 2.45) is 5.92 Å². The first-order valence-electron chi connectivity index (χ1n) is 5.63. The molecule has 0 saturated carbocycles. The number of aliphatic hydroxyl groups is 1. The maximum Gasteiger partial charge on any atom is 0.410 e. The molecule has 5 heteroatoms. The number of nitrogens with zero attached hydrogens (tertiary/aromatic N) is 1. The maximum atomic E-state index is 11.8. The van der Waals surface area contributed by atoms with Crippen molar-refractivity contribution in [1.29, 1.82) is 0 Å². The second kappa shape index (κ2) is 5.01. The van der Waals surface area contributed by atoms with Crippen molar-refractivity contribution >= 4 is 6.09 Å². The van der Waals surface area contributed by atoms with Crippen LogP contribution < -0.4 is 5.32 Å². The van der Waals surface area contributed by atoms with Crippen LogP contribution in [-0.4, -0.2) is 54.5 Å². The first kappa shape index (κ1) is 13.3. The number of likely N-dealkylation sites (N-methyl/N-ethyl adjacent to an activating group) is 1. The van der Waals surface area contributed by atoms with Gasteiger partial charge in [-0.1, -0.05) is 0 Å². The first-order valence-corrected chi connectivity index (χ1v) is 5.63. The van der Waals surface area contributed by atoms with Gasteiger partial charge >= 0.3 is 6.09 Å².